The van der Waals surface area contributed by atoms with Crippen LogP contribution in [-0.2, 0) is 29.2 Å². The first-order valence-electron chi connectivity index (χ1n) is 11.5. The zero-order valence-corrected chi connectivity index (χ0v) is 22.6. The van der Waals surface area contributed by atoms with E-state index in [1.54, 1.807) is 0 Å². The monoisotopic (exact) mass is 481 g/mol. The van der Waals surface area contributed by atoms with E-state index in [-0.39, 0.29) is 23.1 Å². The van der Waals surface area contributed by atoms with Gasteiger partial charge in [-0.1, -0.05) is 27.2 Å². The highest BCUT2D eigenvalue weighted by Gasteiger charge is 2.28. The van der Waals surface area contributed by atoms with Crippen molar-refractivity contribution in [3.8, 4) is 0 Å². The van der Waals surface area contributed by atoms with E-state index in [0.29, 0.717) is 43.6 Å². The van der Waals surface area contributed by atoms with Crippen LogP contribution in [0.15, 0.2) is 0 Å². The Labute approximate surface area is 196 Å². The van der Waals surface area contributed by atoms with Crippen molar-refractivity contribution in [1.82, 2.24) is 0 Å². The van der Waals surface area contributed by atoms with Gasteiger partial charge in [-0.25, -0.2) is 8.42 Å². The van der Waals surface area contributed by atoms with E-state index >= 15 is 0 Å². The normalized spacial score (nSPS) is 12.6. The molecule has 0 unspecified atom stereocenters. The minimum atomic E-state index is -4.15. The van der Waals surface area contributed by atoms with Crippen LogP contribution in [0.4, 0.5) is 0 Å². The summed E-state index contributed by atoms with van der Waals surface area (Å²) in [7, 11) is -0.323. The maximum Gasteiger partial charge on any atom is 0.311 e. The van der Waals surface area contributed by atoms with E-state index in [2.05, 4.69) is 6.92 Å². The van der Waals surface area contributed by atoms with Crippen molar-refractivity contribution in [2.45, 2.75) is 80.6 Å². The Morgan fingerprint density at radius 1 is 0.812 bits per heavy atom. The van der Waals surface area contributed by atoms with Crippen LogP contribution in [0.1, 0.15) is 80.6 Å². The quantitative estimate of drug-likeness (QED) is 0.161. The summed E-state index contributed by atoms with van der Waals surface area (Å²) in [6.07, 6.45) is 3.89. The number of ether oxygens (including phenoxy) is 2. The number of hydrogen-bond acceptors (Lipinski definition) is 7. The highest BCUT2D eigenvalue weighted by molar-refractivity contribution is 7.85. The number of hydrogen-bond donors (Lipinski definition) is 0. The second-order valence-electron chi connectivity index (χ2n) is 10.1. The molecule has 0 rings (SSSR count). The van der Waals surface area contributed by atoms with Gasteiger partial charge in [0.25, 0.3) is 0 Å². The number of carbonyl (C=O) groups excluding carboxylic acids is 2. The summed E-state index contributed by atoms with van der Waals surface area (Å²) in [5, 5.41) is 0. The van der Waals surface area contributed by atoms with E-state index in [1.165, 1.54) is 0 Å². The predicted molar refractivity (Wildman–Crippen MR) is 126 cm³/mol. The smallest absolute Gasteiger partial charge is 0.311 e. The molecule has 0 saturated carbocycles. The second-order valence-corrected chi connectivity index (χ2v) is 11.6. The largest absolute Gasteiger partial charge is 0.748 e. The fraction of sp³-hybridized carbons (Fsp3) is 0.913. The Balaban J connectivity index is 0. The van der Waals surface area contributed by atoms with Crippen LogP contribution >= 0.6 is 0 Å². The van der Waals surface area contributed by atoms with Gasteiger partial charge in [-0.15, -0.1) is 0 Å². The standard InChI is InChI=1S/C13H27NO5S.C10H20O2/c1-6-13(2,3)12(15)19-10-9-14(4,5)8-7-11-20(16,17)18;1-5-7-8-12-9(11)10(3,4)6-2/h6-11H2,1-5H3;5-8H2,1-4H3. The number of quaternary nitrogens is 1. The molecule has 0 fully saturated rings. The van der Waals surface area contributed by atoms with Gasteiger partial charge in [-0.2, -0.15) is 0 Å². The molecule has 0 aliphatic heterocycles. The molecule has 0 N–H and O–H groups in total. The lowest BCUT2D eigenvalue weighted by Gasteiger charge is -2.30. The molecule has 32 heavy (non-hydrogen) atoms. The first-order chi connectivity index (χ1) is 14.4. The average molecular weight is 482 g/mol. The summed E-state index contributed by atoms with van der Waals surface area (Å²) < 4.78 is 42.5. The molecule has 0 aliphatic rings. The van der Waals surface area contributed by atoms with Crippen LogP contribution in [0.25, 0.3) is 0 Å². The topological polar surface area (TPSA) is 110 Å². The first-order valence-corrected chi connectivity index (χ1v) is 13.1. The summed E-state index contributed by atoms with van der Waals surface area (Å²) in [6, 6.07) is 0. The molecule has 0 atom stereocenters. The number of nitrogens with zero attached hydrogens (tertiary/aromatic N) is 1. The Morgan fingerprint density at radius 3 is 1.62 bits per heavy atom. The Morgan fingerprint density at radius 2 is 1.25 bits per heavy atom. The Kier molecular flexibility index (Phi) is 15.3. The van der Waals surface area contributed by atoms with E-state index in [1.807, 2.05) is 55.6 Å². The Bertz CT molecular complexity index is 655. The summed E-state index contributed by atoms with van der Waals surface area (Å²) >= 11 is 0. The van der Waals surface area contributed by atoms with Gasteiger partial charge < -0.3 is 18.5 Å². The summed E-state index contributed by atoms with van der Waals surface area (Å²) in [4.78, 5) is 23.1. The van der Waals surface area contributed by atoms with Gasteiger partial charge in [-0.3, -0.25) is 9.59 Å². The average Bonchev–Trinajstić information content (AvgIpc) is 2.67. The third kappa shape index (κ3) is 16.4. The number of unbranched alkanes of at least 4 members (excludes halogenated alkanes) is 1. The number of likely N-dealkylation sites (N-methyl/N-ethyl adjacent to an activating group) is 1. The molecule has 8 nitrogen and oxygen atoms in total. The third-order valence-corrected chi connectivity index (χ3v) is 6.48. The van der Waals surface area contributed by atoms with Gasteiger partial charge in [0.05, 0.1) is 48.2 Å². The molecular formula is C23H47NO7S. The predicted octanol–water partition coefficient (Wildman–Crippen LogP) is 3.74. The minimum absolute atomic E-state index is 0.0709. The molecular weight excluding hydrogens is 434 g/mol. The van der Waals surface area contributed by atoms with Gasteiger partial charge in [0.15, 0.2) is 0 Å². The molecule has 0 aromatic heterocycles. The molecule has 0 aromatic rings. The zero-order valence-electron chi connectivity index (χ0n) is 21.8. The summed E-state index contributed by atoms with van der Waals surface area (Å²) in [5.41, 5.74) is -0.790. The second kappa shape index (κ2) is 14.9. The summed E-state index contributed by atoms with van der Waals surface area (Å²) in [5.74, 6) is -0.641. The highest BCUT2D eigenvalue weighted by atomic mass is 32.2. The molecule has 0 spiro atoms. The van der Waals surface area contributed by atoms with Gasteiger partial charge >= 0.3 is 11.9 Å². The van der Waals surface area contributed by atoms with Crippen molar-refractivity contribution in [2.75, 3.05) is 46.2 Å². The van der Waals surface area contributed by atoms with Crippen LogP contribution in [0.5, 0.6) is 0 Å². The maximum atomic E-state index is 11.8. The lowest BCUT2D eigenvalue weighted by molar-refractivity contribution is -0.890. The molecule has 0 radical (unpaired) electrons. The molecule has 192 valence electrons. The van der Waals surface area contributed by atoms with Crippen LogP contribution < -0.4 is 0 Å². The van der Waals surface area contributed by atoms with E-state index in [0.717, 1.165) is 19.3 Å². The van der Waals surface area contributed by atoms with E-state index < -0.39 is 15.5 Å². The fourth-order valence-corrected chi connectivity index (χ4v) is 2.64. The molecule has 0 aliphatic carbocycles. The Hall–Kier alpha value is -1.19. The molecule has 0 amide bonds. The SMILES string of the molecule is CCC(C)(C)C(=O)OCC[N+](C)(C)CCCS(=O)(=O)[O-].CCCCOC(=O)C(C)(C)CC. The zero-order chi connectivity index (χ0) is 25.6. The van der Waals surface area contributed by atoms with Crippen LogP contribution in [0.2, 0.25) is 0 Å². The van der Waals surface area contributed by atoms with E-state index in [4.69, 9.17) is 9.47 Å². The maximum absolute atomic E-state index is 11.8. The van der Waals surface area contributed by atoms with Gasteiger partial charge in [0, 0.05) is 12.2 Å². The fourth-order valence-electron chi connectivity index (χ4n) is 2.16. The number of rotatable bonds is 14. The first kappa shape index (κ1) is 33.0. The van der Waals surface area contributed by atoms with E-state index in [9.17, 15) is 22.6 Å². The van der Waals surface area contributed by atoms with Crippen molar-refractivity contribution in [3.63, 3.8) is 0 Å². The van der Waals surface area contributed by atoms with Crippen molar-refractivity contribution in [2.24, 2.45) is 10.8 Å². The van der Waals surface area contributed by atoms with Gasteiger partial charge in [-0.05, 0) is 47.0 Å². The molecule has 0 heterocycles. The third-order valence-electron chi connectivity index (χ3n) is 5.69. The summed E-state index contributed by atoms with van der Waals surface area (Å²) in [6.45, 7) is 15.5. The number of carbonyl (C=O) groups is 2. The van der Waals surface area contributed by atoms with Crippen LogP contribution in [0, 0.1) is 10.8 Å². The molecule has 0 aromatic carbocycles. The lowest BCUT2D eigenvalue weighted by Crippen LogP contribution is -2.44. The van der Waals surface area contributed by atoms with Gasteiger partial charge in [0.2, 0.25) is 0 Å². The minimum Gasteiger partial charge on any atom is -0.748 e. The van der Waals surface area contributed by atoms with Crippen molar-refractivity contribution < 1.29 is 36.5 Å². The highest BCUT2D eigenvalue weighted by Crippen LogP contribution is 2.22. The van der Waals surface area contributed by atoms with Crippen LogP contribution in [-0.4, -0.2) is 75.5 Å². The molecule has 9 heteroatoms. The van der Waals surface area contributed by atoms with Crippen molar-refractivity contribution in [1.29, 1.82) is 0 Å². The van der Waals surface area contributed by atoms with Crippen molar-refractivity contribution >= 4 is 22.1 Å². The van der Waals surface area contributed by atoms with Crippen LogP contribution in [0.3, 0.4) is 0 Å². The molecule has 0 saturated heterocycles. The number of esters is 2. The molecule has 0 bridgehead atoms. The lowest BCUT2D eigenvalue weighted by atomic mass is 9.91. The van der Waals surface area contributed by atoms with Gasteiger partial charge in [0.1, 0.15) is 13.2 Å². The van der Waals surface area contributed by atoms with Crippen molar-refractivity contribution in [3.05, 3.63) is 0 Å².